The molecule has 0 rings (SSSR count). The van der Waals surface area contributed by atoms with Crippen molar-refractivity contribution in [2.24, 2.45) is 0 Å². The van der Waals surface area contributed by atoms with Crippen molar-refractivity contribution in [2.75, 3.05) is 0 Å². The Balaban J connectivity index is -0.000000279. The fourth-order valence-electron chi connectivity index (χ4n) is 6.86. The van der Waals surface area contributed by atoms with Crippen molar-refractivity contribution < 1.29 is 25.3 Å². The molecule has 15 heteroatoms. The number of hydrogen-bond acceptors (Lipinski definition) is 6. The van der Waals surface area contributed by atoms with Gasteiger partial charge in [-0.3, -0.25) is 0 Å². The molecule has 0 aromatic rings. The van der Waals surface area contributed by atoms with E-state index in [4.69, 9.17) is 25.3 Å². The summed E-state index contributed by atoms with van der Waals surface area (Å²) >= 11 is 0. The van der Waals surface area contributed by atoms with Crippen LogP contribution in [0.5, 0.6) is 0 Å². The van der Waals surface area contributed by atoms with Crippen LogP contribution in [-0.4, -0.2) is 86.3 Å². The van der Waals surface area contributed by atoms with Gasteiger partial charge in [0, 0.05) is 11.2 Å². The van der Waals surface area contributed by atoms with E-state index in [2.05, 4.69) is 327 Å². The van der Waals surface area contributed by atoms with Crippen molar-refractivity contribution in [3.8, 4) is 0 Å². The van der Waals surface area contributed by atoms with Crippen LogP contribution in [0.1, 0.15) is 228 Å². The highest BCUT2D eigenvalue weighted by atomic mass is 28.5. The largest absolute Gasteiger partial charge is 0.455 e. The fraction of sp³-hybridized carbons (Fsp3) is 1.00. The van der Waals surface area contributed by atoms with Crippen LogP contribution in [0.25, 0.3) is 0 Å². The van der Waals surface area contributed by atoms with Crippen molar-refractivity contribution in [3.05, 3.63) is 0 Å². The maximum atomic E-state index is 6.93. The minimum Gasteiger partial charge on any atom is -0.455 e. The summed E-state index contributed by atoms with van der Waals surface area (Å²) in [6, 6.07) is 3.62. The average Bonchev–Trinajstić information content (AvgIpc) is 3.05. The summed E-state index contributed by atoms with van der Waals surface area (Å²) in [6.07, 6.45) is 0. The summed E-state index contributed by atoms with van der Waals surface area (Å²) in [4.78, 5) is 0. The van der Waals surface area contributed by atoms with Gasteiger partial charge in [0.1, 0.15) is 0 Å². The van der Waals surface area contributed by atoms with Gasteiger partial charge in [0.05, 0.1) is 0 Å². The topological polar surface area (TPSA) is 55.4 Å². The van der Waals surface area contributed by atoms with Gasteiger partial charge in [-0.05, 0) is 198 Å². The van der Waals surface area contributed by atoms with Crippen LogP contribution in [0.2, 0.25) is 157 Å². The van der Waals surface area contributed by atoms with E-state index in [0.717, 1.165) is 0 Å². The van der Waals surface area contributed by atoms with Crippen LogP contribution in [0, 0.1) is 0 Å². The van der Waals surface area contributed by atoms with Gasteiger partial charge in [-0.1, -0.05) is 187 Å². The third-order valence-electron chi connectivity index (χ3n) is 18.9. The van der Waals surface area contributed by atoms with Gasteiger partial charge in [-0.15, -0.1) is 0 Å². The zero-order valence-electron chi connectivity index (χ0n) is 62.1. The molecule has 0 aromatic heterocycles. The lowest BCUT2D eigenvalue weighted by Gasteiger charge is -2.50. The SMILES string of the molecule is CC(C)(C)O[Si](C)(C)C(C)(C)C.CC(C)(C)[Si](C)(C)O[Si](C)(C)C(C)(C)C.CC(C)(C)[Si](C)(C)O[Si](C)(C)O[Si](C)(C)C(C)(C)C.CC[Si](C)(OC(C)(C)C)C(C)(C)C.CC[Si](C)(O[Si](C)(CC)C(C)(C)C)C(C)(C)C. The predicted molar refractivity (Wildman–Crippen MR) is 375 cm³/mol. The Morgan fingerprint density at radius 1 is 0.211 bits per heavy atom. The molecule has 3 unspecified atom stereocenters. The van der Waals surface area contributed by atoms with Crippen LogP contribution in [0.15, 0.2) is 0 Å². The summed E-state index contributed by atoms with van der Waals surface area (Å²) < 4.78 is 39.2. The van der Waals surface area contributed by atoms with Crippen LogP contribution in [-0.2, 0) is 25.3 Å². The first kappa shape index (κ1) is 86.5. The molecule has 0 aliphatic rings. The Hall–Kier alpha value is 1.71. The standard InChI is InChI=1S/C14H36O2Si3.C14H34OSi2.C12H30OSi2.C11H26OSi.C10H24OSi/c1-13(2,3)17(7,8)15-19(11,12)16-18(9,10)14(4,5)6;1-11-16(9,13(3,4)5)15-17(10,12-2)14(6,7)8;1-11(2,3)14(7,8)13-15(9,10)12(4,5)6;1-9-13(8,11(5,6)7)12-10(2,3)4;1-9(2,3)11-12(7,8)10(4,5)6/h1-12H3;11-12H2,1-10H3;1-10H3;9H2,1-8H3;1-8H3. The maximum absolute atomic E-state index is 6.93. The molecule has 0 aliphatic carbocycles. The molecule has 0 N–H and O–H groups in total. The van der Waals surface area contributed by atoms with Gasteiger partial charge in [0.15, 0.2) is 66.5 Å². The minimum atomic E-state index is -2.07. The normalized spacial score (nSPS) is 17.2. The first-order valence-electron chi connectivity index (χ1n) is 30.1. The maximum Gasteiger partial charge on any atom is 0.311 e. The second-order valence-electron chi connectivity index (χ2n) is 36.5. The van der Waals surface area contributed by atoms with Gasteiger partial charge in [-0.25, -0.2) is 0 Å². The van der Waals surface area contributed by atoms with Gasteiger partial charge < -0.3 is 25.3 Å². The lowest BCUT2D eigenvalue weighted by molar-refractivity contribution is 0.109. The van der Waals surface area contributed by atoms with Crippen LogP contribution >= 0.6 is 0 Å². The molecule has 0 spiro atoms. The highest BCUT2D eigenvalue weighted by Crippen LogP contribution is 2.49. The summed E-state index contributed by atoms with van der Waals surface area (Å²) in [7, 11) is -15.1. The van der Waals surface area contributed by atoms with Crippen molar-refractivity contribution >= 4 is 75.1 Å². The van der Waals surface area contributed by atoms with E-state index in [1.54, 1.807) is 0 Å². The Labute approximate surface area is 493 Å². The van der Waals surface area contributed by atoms with E-state index in [0.29, 0.717) is 30.2 Å². The first-order valence-corrected chi connectivity index (χ1v) is 55.3. The summed E-state index contributed by atoms with van der Waals surface area (Å²) in [5, 5.41) is 2.44. The quantitative estimate of drug-likeness (QED) is 0.171. The third kappa shape index (κ3) is 30.0. The minimum absolute atomic E-state index is 0.00298. The Kier molecular flexibility index (Phi) is 32.2. The summed E-state index contributed by atoms with van der Waals surface area (Å²) in [5.74, 6) is 0. The van der Waals surface area contributed by atoms with E-state index in [-0.39, 0.29) is 21.3 Å². The summed E-state index contributed by atoms with van der Waals surface area (Å²) in [5.41, 5.74) is 0.00721. The smallest absolute Gasteiger partial charge is 0.311 e. The van der Waals surface area contributed by atoms with Crippen LogP contribution < -0.4 is 0 Å². The molecule has 0 heterocycles. The van der Waals surface area contributed by atoms with E-state index in [1.165, 1.54) is 18.1 Å². The van der Waals surface area contributed by atoms with Crippen LogP contribution in [0.4, 0.5) is 0 Å². The van der Waals surface area contributed by atoms with Gasteiger partial charge in [0.25, 0.3) is 0 Å². The highest BCUT2D eigenvalue weighted by molar-refractivity contribution is 6.90. The summed E-state index contributed by atoms with van der Waals surface area (Å²) in [6.45, 7) is 110. The van der Waals surface area contributed by atoms with E-state index < -0.39 is 75.1 Å². The molecule has 0 saturated carbocycles. The average molecular weight is 1230 g/mol. The van der Waals surface area contributed by atoms with Crippen LogP contribution in [0.3, 0.4) is 0 Å². The molecule has 0 amide bonds. The van der Waals surface area contributed by atoms with E-state index in [9.17, 15) is 0 Å². The molecule has 0 radical (unpaired) electrons. The second-order valence-corrected chi connectivity index (χ2v) is 79.6. The zero-order valence-corrected chi connectivity index (χ0v) is 71.1. The molecule has 76 heavy (non-hydrogen) atoms. The molecule has 6 nitrogen and oxygen atoms in total. The molecule has 0 aliphatic heterocycles. The molecule has 0 bridgehead atoms. The Morgan fingerprint density at radius 3 is 0.513 bits per heavy atom. The van der Waals surface area contributed by atoms with Crippen molar-refractivity contribution in [1.29, 1.82) is 0 Å². The first-order chi connectivity index (χ1) is 31.9. The third-order valence-corrected chi connectivity index (χ3v) is 68.4. The Morgan fingerprint density at radius 2 is 0.395 bits per heavy atom. The molecule has 466 valence electrons. The fourth-order valence-corrected chi connectivity index (χ4v) is 41.6. The van der Waals surface area contributed by atoms with Gasteiger partial charge in [0.2, 0.25) is 0 Å². The predicted octanol–water partition coefficient (Wildman–Crippen LogP) is 24.5. The molecular weight excluding hydrogens is 1080 g/mol. The number of rotatable bonds is 13. The van der Waals surface area contributed by atoms with Gasteiger partial charge >= 0.3 is 8.56 Å². The lowest BCUT2D eigenvalue weighted by atomic mass is 10.2. The Bertz CT molecular complexity index is 1580. The van der Waals surface area contributed by atoms with Crippen molar-refractivity contribution in [2.45, 2.75) is 396 Å². The van der Waals surface area contributed by atoms with E-state index in [1.807, 2.05) is 0 Å². The molecule has 3 atom stereocenters. The zero-order chi connectivity index (χ0) is 63.9. The highest BCUT2D eigenvalue weighted by Gasteiger charge is 2.51. The molecule has 0 saturated heterocycles. The lowest BCUT2D eigenvalue weighted by Crippen LogP contribution is -2.57. The molecule has 0 fully saturated rings. The number of hydrogen-bond donors (Lipinski definition) is 0. The molecular formula is C61H150O6Si9. The van der Waals surface area contributed by atoms with E-state index >= 15 is 0 Å². The molecule has 0 aromatic carbocycles. The van der Waals surface area contributed by atoms with Crippen molar-refractivity contribution in [1.82, 2.24) is 0 Å². The van der Waals surface area contributed by atoms with Gasteiger partial charge in [-0.2, -0.15) is 0 Å². The van der Waals surface area contributed by atoms with Crippen molar-refractivity contribution in [3.63, 3.8) is 0 Å². The monoisotopic (exact) mass is 1230 g/mol. The second kappa shape index (κ2) is 28.3.